The van der Waals surface area contributed by atoms with Gasteiger partial charge in [-0.2, -0.15) is 0 Å². The second kappa shape index (κ2) is 4.53. The molecule has 1 saturated carbocycles. The normalized spacial score (nSPS) is 16.7. The summed E-state index contributed by atoms with van der Waals surface area (Å²) in [5.74, 6) is 0.255. The van der Waals surface area contributed by atoms with Crippen LogP contribution in [-0.4, -0.2) is 19.8 Å². The highest BCUT2D eigenvalue weighted by molar-refractivity contribution is 5.47. The molecule has 1 aliphatic rings. The van der Waals surface area contributed by atoms with Crippen molar-refractivity contribution in [3.63, 3.8) is 0 Å². The predicted octanol–water partition coefficient (Wildman–Crippen LogP) is 2.27. The zero-order chi connectivity index (χ0) is 12.5. The quantitative estimate of drug-likeness (QED) is 0.857. The number of nitrogens with two attached hydrogens (primary N) is 1. The number of ether oxygens (including phenoxy) is 2. The van der Waals surface area contributed by atoms with Crippen molar-refractivity contribution in [3.05, 3.63) is 23.5 Å². The highest BCUT2D eigenvalue weighted by atomic mass is 19.1. The molecule has 0 atom stereocenters. The molecule has 17 heavy (non-hydrogen) atoms. The lowest BCUT2D eigenvalue weighted by Crippen LogP contribution is -2.22. The highest BCUT2D eigenvalue weighted by Gasteiger charge is 2.37. The van der Waals surface area contributed by atoms with E-state index in [4.69, 9.17) is 15.2 Å². The van der Waals surface area contributed by atoms with Gasteiger partial charge in [0.1, 0.15) is 0 Å². The molecule has 0 amide bonds. The summed E-state index contributed by atoms with van der Waals surface area (Å²) in [4.78, 5) is 0. The molecule has 0 spiro atoms. The monoisotopic (exact) mass is 239 g/mol. The van der Waals surface area contributed by atoms with Crippen LogP contribution in [-0.2, 0) is 6.42 Å². The lowest BCUT2D eigenvalue weighted by Gasteiger charge is -2.14. The summed E-state index contributed by atoms with van der Waals surface area (Å²) in [7, 11) is 2.96. The summed E-state index contributed by atoms with van der Waals surface area (Å²) < 4.78 is 23.7. The molecule has 2 N–H and O–H groups in total. The van der Waals surface area contributed by atoms with E-state index in [0.717, 1.165) is 31.2 Å². The summed E-state index contributed by atoms with van der Waals surface area (Å²) in [5.41, 5.74) is 6.98. The van der Waals surface area contributed by atoms with Crippen LogP contribution in [0.2, 0.25) is 0 Å². The molecule has 1 aromatic rings. The van der Waals surface area contributed by atoms with Crippen LogP contribution in [0.25, 0.3) is 0 Å². The summed E-state index contributed by atoms with van der Waals surface area (Å²) >= 11 is 0. The van der Waals surface area contributed by atoms with Gasteiger partial charge in [-0.3, -0.25) is 0 Å². The molecule has 1 fully saturated rings. The molecule has 0 aromatic heterocycles. The molecule has 0 bridgehead atoms. The van der Waals surface area contributed by atoms with Crippen molar-refractivity contribution in [3.8, 4) is 11.5 Å². The third-order valence-electron chi connectivity index (χ3n) is 3.34. The molecule has 1 aliphatic carbocycles. The number of benzene rings is 1. The van der Waals surface area contributed by atoms with Crippen molar-refractivity contribution in [1.29, 1.82) is 0 Å². The van der Waals surface area contributed by atoms with Gasteiger partial charge >= 0.3 is 0 Å². The van der Waals surface area contributed by atoms with E-state index in [2.05, 4.69) is 0 Å². The Hall–Kier alpha value is -1.29. The average molecular weight is 239 g/mol. The second-order valence-electron chi connectivity index (χ2n) is 4.64. The van der Waals surface area contributed by atoms with Gasteiger partial charge in [-0.15, -0.1) is 0 Å². The summed E-state index contributed by atoms with van der Waals surface area (Å²) in [5, 5.41) is 0. The van der Waals surface area contributed by atoms with Crippen LogP contribution in [0.4, 0.5) is 4.39 Å². The molecule has 4 heteroatoms. The molecule has 1 aromatic carbocycles. The van der Waals surface area contributed by atoms with E-state index in [0.29, 0.717) is 5.75 Å². The van der Waals surface area contributed by atoms with Crippen molar-refractivity contribution in [1.82, 2.24) is 0 Å². The molecule has 0 aliphatic heterocycles. The number of hydrogen-bond donors (Lipinski definition) is 1. The number of halogens is 1. The van der Waals surface area contributed by atoms with E-state index in [-0.39, 0.29) is 11.3 Å². The van der Waals surface area contributed by atoms with Gasteiger partial charge in [0.15, 0.2) is 17.3 Å². The number of hydrogen-bond acceptors (Lipinski definition) is 3. The maximum absolute atomic E-state index is 13.5. The van der Waals surface area contributed by atoms with Crippen LogP contribution in [0.5, 0.6) is 11.5 Å². The number of rotatable bonds is 5. The first-order valence-corrected chi connectivity index (χ1v) is 5.78. The number of methoxy groups -OCH3 is 2. The Labute approximate surface area is 101 Å². The van der Waals surface area contributed by atoms with Gasteiger partial charge in [-0.05, 0) is 37.3 Å². The van der Waals surface area contributed by atoms with Crippen molar-refractivity contribution < 1.29 is 13.9 Å². The van der Waals surface area contributed by atoms with Crippen LogP contribution >= 0.6 is 0 Å². The Morgan fingerprint density at radius 1 is 1.24 bits per heavy atom. The smallest absolute Gasteiger partial charge is 0.197 e. The third kappa shape index (κ3) is 2.52. The van der Waals surface area contributed by atoms with Gasteiger partial charge in [-0.25, -0.2) is 4.39 Å². The van der Waals surface area contributed by atoms with E-state index < -0.39 is 5.82 Å². The molecule has 2 rings (SSSR count). The van der Waals surface area contributed by atoms with Crippen molar-refractivity contribution in [2.75, 3.05) is 14.2 Å². The molecule has 0 saturated heterocycles. The van der Waals surface area contributed by atoms with E-state index in [1.54, 1.807) is 6.07 Å². The van der Waals surface area contributed by atoms with Crippen LogP contribution in [0.1, 0.15) is 24.8 Å². The largest absolute Gasteiger partial charge is 0.492 e. The minimum atomic E-state index is -0.401. The standard InChI is InChI=1S/C13H18FNO2/c1-16-11-9(5-6-13(15)7-8-13)3-4-10(14)12(11)17-2/h3-4H,5-8,15H2,1-2H3. The van der Waals surface area contributed by atoms with Crippen molar-refractivity contribution >= 4 is 0 Å². The van der Waals surface area contributed by atoms with E-state index in [9.17, 15) is 4.39 Å². The average Bonchev–Trinajstić information content (AvgIpc) is 3.05. The number of aryl methyl sites for hydroxylation is 1. The first-order chi connectivity index (χ1) is 8.09. The second-order valence-corrected chi connectivity index (χ2v) is 4.64. The first kappa shape index (κ1) is 12.2. The van der Waals surface area contributed by atoms with E-state index in [1.165, 1.54) is 20.3 Å². The van der Waals surface area contributed by atoms with Crippen molar-refractivity contribution in [2.24, 2.45) is 5.73 Å². The summed E-state index contributed by atoms with van der Waals surface area (Å²) in [6.07, 6.45) is 3.84. The predicted molar refractivity (Wildman–Crippen MR) is 64.0 cm³/mol. The molecule has 0 radical (unpaired) electrons. The SMILES string of the molecule is COc1c(F)ccc(CCC2(N)CC2)c1OC. The lowest BCUT2D eigenvalue weighted by atomic mass is 10.0. The van der Waals surface area contributed by atoms with Crippen LogP contribution in [0.15, 0.2) is 12.1 Å². The Balaban J connectivity index is 2.20. The zero-order valence-corrected chi connectivity index (χ0v) is 10.3. The summed E-state index contributed by atoms with van der Waals surface area (Å²) in [6.45, 7) is 0. The van der Waals surface area contributed by atoms with Gasteiger partial charge in [0.2, 0.25) is 0 Å². The molecule has 94 valence electrons. The fourth-order valence-corrected chi connectivity index (χ4v) is 1.98. The van der Waals surface area contributed by atoms with Gasteiger partial charge < -0.3 is 15.2 Å². The van der Waals surface area contributed by atoms with Crippen LogP contribution < -0.4 is 15.2 Å². The molecular weight excluding hydrogens is 221 g/mol. The van der Waals surface area contributed by atoms with Crippen LogP contribution in [0.3, 0.4) is 0 Å². The zero-order valence-electron chi connectivity index (χ0n) is 10.3. The maximum Gasteiger partial charge on any atom is 0.197 e. The Kier molecular flexibility index (Phi) is 3.24. The Bertz CT molecular complexity index is 416. The molecular formula is C13H18FNO2. The fraction of sp³-hybridized carbons (Fsp3) is 0.538. The van der Waals surface area contributed by atoms with Gasteiger partial charge in [-0.1, -0.05) is 6.07 Å². The Morgan fingerprint density at radius 3 is 2.41 bits per heavy atom. The van der Waals surface area contributed by atoms with E-state index >= 15 is 0 Å². The van der Waals surface area contributed by atoms with Gasteiger partial charge in [0, 0.05) is 5.54 Å². The summed E-state index contributed by atoms with van der Waals surface area (Å²) in [6, 6.07) is 3.15. The minimum Gasteiger partial charge on any atom is -0.492 e. The topological polar surface area (TPSA) is 44.5 Å². The first-order valence-electron chi connectivity index (χ1n) is 5.78. The van der Waals surface area contributed by atoms with Gasteiger partial charge in [0.05, 0.1) is 14.2 Å². The highest BCUT2D eigenvalue weighted by Crippen LogP contribution is 2.39. The molecule has 0 heterocycles. The van der Waals surface area contributed by atoms with Crippen LogP contribution in [0, 0.1) is 5.82 Å². The van der Waals surface area contributed by atoms with E-state index in [1.807, 2.05) is 0 Å². The minimum absolute atomic E-state index is 0.00731. The maximum atomic E-state index is 13.5. The third-order valence-corrected chi connectivity index (χ3v) is 3.34. The fourth-order valence-electron chi connectivity index (χ4n) is 1.98. The van der Waals surface area contributed by atoms with Gasteiger partial charge in [0.25, 0.3) is 0 Å². The molecule has 0 unspecified atom stereocenters. The lowest BCUT2D eigenvalue weighted by molar-refractivity contribution is 0.334. The van der Waals surface area contributed by atoms with Crippen molar-refractivity contribution in [2.45, 2.75) is 31.2 Å². The Morgan fingerprint density at radius 2 is 1.88 bits per heavy atom. The molecule has 3 nitrogen and oxygen atoms in total.